The minimum absolute atomic E-state index is 0.0565. The molecule has 4 atom stereocenters. The van der Waals surface area contributed by atoms with Gasteiger partial charge in [-0.25, -0.2) is 0 Å². The van der Waals surface area contributed by atoms with E-state index in [1.165, 1.54) is 25.7 Å². The molecule has 0 aromatic carbocycles. The maximum atomic E-state index is 12.8. The minimum atomic E-state index is -0.448. The van der Waals surface area contributed by atoms with Gasteiger partial charge in [-0.3, -0.25) is 19.6 Å². The second kappa shape index (κ2) is 7.98. The summed E-state index contributed by atoms with van der Waals surface area (Å²) in [4.78, 5) is 36.3. The number of nitrogens with one attached hydrogen (secondary N) is 1. The molecule has 2 amide bonds. The number of likely N-dealkylation sites (tertiary alicyclic amines) is 1. The van der Waals surface area contributed by atoms with Crippen molar-refractivity contribution >= 4 is 28.7 Å². The first-order valence-electron chi connectivity index (χ1n) is 11.3. The summed E-state index contributed by atoms with van der Waals surface area (Å²) >= 11 is 1.63. The summed E-state index contributed by atoms with van der Waals surface area (Å²) in [5.74, 6) is 2.20. The molecule has 1 N–H and O–H groups in total. The first kappa shape index (κ1) is 20.0. The van der Waals surface area contributed by atoms with E-state index < -0.39 is 4.75 Å². The maximum absolute atomic E-state index is 12.8. The molecule has 30 heavy (non-hydrogen) atoms. The Labute approximate surface area is 182 Å². The van der Waals surface area contributed by atoms with Crippen LogP contribution in [0.25, 0.3) is 0 Å². The zero-order chi connectivity index (χ0) is 20.7. The number of hydrogen-bond acceptors (Lipinski definition) is 5. The molecular weight excluding hydrogens is 396 g/mol. The molecule has 6 nitrogen and oxygen atoms in total. The lowest BCUT2D eigenvalue weighted by Crippen LogP contribution is -2.41. The Morgan fingerprint density at radius 3 is 2.80 bits per heavy atom. The van der Waals surface area contributed by atoms with E-state index in [0.29, 0.717) is 17.5 Å². The van der Waals surface area contributed by atoms with Crippen molar-refractivity contribution in [2.75, 3.05) is 13.1 Å². The molecule has 5 rings (SSSR count). The van der Waals surface area contributed by atoms with E-state index in [1.54, 1.807) is 30.2 Å². The number of carbonyl (C=O) groups is 2. The molecule has 160 valence electrons. The lowest BCUT2D eigenvalue weighted by Gasteiger charge is -2.34. The smallest absolute Gasteiger partial charge is 0.255 e. The van der Waals surface area contributed by atoms with Gasteiger partial charge in [-0.1, -0.05) is 18.2 Å². The summed E-state index contributed by atoms with van der Waals surface area (Å²) < 4.78 is -0.448. The number of carbonyl (C=O) groups excluding carboxylic acids is 2. The highest BCUT2D eigenvalue weighted by molar-refractivity contribution is 8.16. The topological polar surface area (TPSA) is 74.7 Å². The van der Waals surface area contributed by atoms with E-state index in [2.05, 4.69) is 17.2 Å². The third-order valence-corrected chi connectivity index (χ3v) is 8.70. The van der Waals surface area contributed by atoms with Crippen molar-refractivity contribution in [2.45, 2.75) is 62.7 Å². The van der Waals surface area contributed by atoms with Gasteiger partial charge < -0.3 is 10.2 Å². The molecule has 4 fully saturated rings. The number of amidine groups is 1. The Kier molecular flexibility index (Phi) is 5.33. The molecule has 2 aliphatic carbocycles. The molecular formula is C23H30N4O2S. The van der Waals surface area contributed by atoms with Crippen LogP contribution in [0.5, 0.6) is 0 Å². The maximum Gasteiger partial charge on any atom is 0.255 e. The molecule has 2 aliphatic heterocycles. The molecule has 2 unspecified atom stereocenters. The summed E-state index contributed by atoms with van der Waals surface area (Å²) in [5.41, 5.74) is 0.648. The number of amides is 2. The number of fused-ring (bicyclic) bond motifs is 2. The molecule has 1 aromatic heterocycles. The molecule has 1 aromatic rings. The predicted octanol–water partition coefficient (Wildman–Crippen LogP) is 3.49. The molecule has 0 spiro atoms. The molecule has 3 heterocycles. The van der Waals surface area contributed by atoms with Crippen LogP contribution in [-0.2, 0) is 4.79 Å². The Morgan fingerprint density at radius 1 is 1.30 bits per heavy atom. The number of aromatic nitrogens is 1. The quantitative estimate of drug-likeness (QED) is 0.800. The molecule has 2 saturated heterocycles. The van der Waals surface area contributed by atoms with Crippen molar-refractivity contribution in [3.05, 3.63) is 30.1 Å². The van der Waals surface area contributed by atoms with E-state index in [-0.39, 0.29) is 11.8 Å². The van der Waals surface area contributed by atoms with E-state index in [9.17, 15) is 9.59 Å². The predicted molar refractivity (Wildman–Crippen MR) is 118 cm³/mol. The van der Waals surface area contributed by atoms with Crippen molar-refractivity contribution in [2.24, 2.45) is 22.7 Å². The molecule has 2 bridgehead atoms. The van der Waals surface area contributed by atoms with Gasteiger partial charge in [-0.15, -0.1) is 0 Å². The van der Waals surface area contributed by atoms with Crippen molar-refractivity contribution in [1.29, 1.82) is 0 Å². The standard InChI is InChI=1S/C23H30N4O2S/c1-23(21(29)26-22(30-23)25-19-12-16-4-5-17(19)11-16)13-15-6-9-27(10-7-15)20(28)18-3-2-8-24-14-18/h2-3,8,14-17,19H,4-7,9-13H2,1H3,(H,25,26,29)/t16-,17?,19+,23?/m1/s1. The first-order valence-corrected chi connectivity index (χ1v) is 12.1. The number of rotatable bonds is 4. The van der Waals surface area contributed by atoms with Crippen molar-refractivity contribution < 1.29 is 9.59 Å². The second-order valence-electron chi connectivity index (χ2n) is 9.64. The number of aliphatic imine (C=N–C) groups is 1. The zero-order valence-corrected chi connectivity index (χ0v) is 18.4. The van der Waals surface area contributed by atoms with Gasteiger partial charge in [0.1, 0.15) is 0 Å². The summed E-state index contributed by atoms with van der Waals surface area (Å²) in [5, 5.41) is 3.91. The largest absolute Gasteiger partial charge is 0.339 e. The van der Waals surface area contributed by atoms with Crippen LogP contribution in [0.2, 0.25) is 0 Å². The minimum Gasteiger partial charge on any atom is -0.339 e. The van der Waals surface area contributed by atoms with Crippen molar-refractivity contribution in [3.63, 3.8) is 0 Å². The third-order valence-electron chi connectivity index (χ3n) is 7.49. The Bertz CT molecular complexity index is 852. The molecule has 0 radical (unpaired) electrons. The molecule has 2 saturated carbocycles. The van der Waals surface area contributed by atoms with Crippen LogP contribution in [0.15, 0.2) is 29.5 Å². The lowest BCUT2D eigenvalue weighted by molar-refractivity contribution is -0.121. The fraction of sp³-hybridized carbons (Fsp3) is 0.652. The zero-order valence-electron chi connectivity index (χ0n) is 17.5. The van der Waals surface area contributed by atoms with Gasteiger partial charge in [0.2, 0.25) is 5.91 Å². The Balaban J connectivity index is 1.16. The SMILES string of the molecule is CC1(CC2CCN(C(=O)c3cccnc3)CC2)SC(=N[C@H]2C[C@@H]3CCC2C3)NC1=O. The highest BCUT2D eigenvalue weighted by atomic mass is 32.2. The van der Waals surface area contributed by atoms with Crippen LogP contribution in [-0.4, -0.2) is 50.7 Å². The Morgan fingerprint density at radius 2 is 2.13 bits per heavy atom. The lowest BCUT2D eigenvalue weighted by atomic mass is 9.87. The number of nitrogens with zero attached hydrogens (tertiary/aromatic N) is 3. The van der Waals surface area contributed by atoms with Crippen molar-refractivity contribution in [3.8, 4) is 0 Å². The van der Waals surface area contributed by atoms with E-state index in [0.717, 1.165) is 49.4 Å². The molecule has 4 aliphatic rings. The Hall–Kier alpha value is -1.89. The highest BCUT2D eigenvalue weighted by Crippen LogP contribution is 2.47. The average Bonchev–Trinajstić information content (AvgIpc) is 3.44. The fourth-order valence-corrected chi connectivity index (χ4v) is 7.01. The van der Waals surface area contributed by atoms with Gasteiger partial charge in [0.15, 0.2) is 5.17 Å². The van der Waals surface area contributed by atoms with Crippen molar-refractivity contribution in [1.82, 2.24) is 15.2 Å². The summed E-state index contributed by atoms with van der Waals surface area (Å²) in [6, 6.07) is 4.03. The second-order valence-corrected chi connectivity index (χ2v) is 11.1. The van der Waals surface area contributed by atoms with Crippen LogP contribution in [0.3, 0.4) is 0 Å². The normalized spacial score (nSPS) is 35.2. The van der Waals surface area contributed by atoms with Gasteiger partial charge in [0, 0.05) is 25.5 Å². The summed E-state index contributed by atoms with van der Waals surface area (Å²) in [7, 11) is 0. The number of hydrogen-bond donors (Lipinski definition) is 1. The van der Waals surface area contributed by atoms with Crippen LogP contribution in [0.4, 0.5) is 0 Å². The van der Waals surface area contributed by atoms with Gasteiger partial charge in [0.05, 0.1) is 16.4 Å². The number of piperidine rings is 1. The molecule has 7 heteroatoms. The van der Waals surface area contributed by atoms with Crippen LogP contribution in [0, 0.1) is 17.8 Å². The van der Waals surface area contributed by atoms with Gasteiger partial charge >= 0.3 is 0 Å². The highest BCUT2D eigenvalue weighted by Gasteiger charge is 2.46. The number of pyridine rings is 1. The van der Waals surface area contributed by atoms with E-state index in [4.69, 9.17) is 4.99 Å². The van der Waals surface area contributed by atoms with Crippen LogP contribution in [0.1, 0.15) is 62.2 Å². The van der Waals surface area contributed by atoms with Gasteiger partial charge in [-0.05, 0) is 75.3 Å². The van der Waals surface area contributed by atoms with Gasteiger partial charge in [-0.2, -0.15) is 0 Å². The number of thioether (sulfide) groups is 1. The van der Waals surface area contributed by atoms with Gasteiger partial charge in [0.25, 0.3) is 5.91 Å². The van der Waals surface area contributed by atoms with Crippen LogP contribution < -0.4 is 5.32 Å². The average molecular weight is 427 g/mol. The van der Waals surface area contributed by atoms with E-state index >= 15 is 0 Å². The monoisotopic (exact) mass is 426 g/mol. The summed E-state index contributed by atoms with van der Waals surface area (Å²) in [6.07, 6.45) is 11.2. The fourth-order valence-electron chi connectivity index (χ4n) is 5.79. The van der Waals surface area contributed by atoms with E-state index in [1.807, 2.05) is 11.0 Å². The third kappa shape index (κ3) is 3.88. The van der Waals surface area contributed by atoms with Crippen LogP contribution >= 0.6 is 11.8 Å². The first-order chi connectivity index (χ1) is 14.5. The summed E-state index contributed by atoms with van der Waals surface area (Å²) in [6.45, 7) is 3.54.